The van der Waals surface area contributed by atoms with Crippen molar-refractivity contribution in [3.05, 3.63) is 77.1 Å². The Kier molecular flexibility index (Phi) is 5.42. The van der Waals surface area contributed by atoms with Gasteiger partial charge in [0.05, 0.1) is 11.6 Å². The summed E-state index contributed by atoms with van der Waals surface area (Å²) in [6, 6.07) is 17.2. The lowest BCUT2D eigenvalue weighted by Gasteiger charge is -2.09. The molecule has 0 aliphatic carbocycles. The maximum absolute atomic E-state index is 12.6. The van der Waals surface area contributed by atoms with Gasteiger partial charge in [0.15, 0.2) is 5.78 Å². The predicted molar refractivity (Wildman–Crippen MR) is 106 cm³/mol. The normalized spacial score (nSPS) is 10.0. The fraction of sp³-hybridized carbons (Fsp3) is 0.0952. The van der Waals surface area contributed by atoms with Gasteiger partial charge in [0, 0.05) is 22.6 Å². The standard InChI is InChI=1S/C21H17N5O2/c1-13-10-19(20(28)24-18-5-3-4-16(11-18)14(2)27)26-21(23-13)25-17-8-6-15(12-22)7-9-17/h3-11H,1-2H3,(H,24,28)(H,23,25,26). The number of nitriles is 1. The Labute approximate surface area is 162 Å². The second kappa shape index (κ2) is 8.10. The highest BCUT2D eigenvalue weighted by Crippen LogP contribution is 2.16. The summed E-state index contributed by atoms with van der Waals surface area (Å²) in [5.74, 6) is -0.218. The molecule has 3 rings (SSSR count). The van der Waals surface area contributed by atoms with Crippen LogP contribution in [-0.2, 0) is 0 Å². The zero-order valence-corrected chi connectivity index (χ0v) is 15.4. The van der Waals surface area contributed by atoms with Gasteiger partial charge in [-0.1, -0.05) is 12.1 Å². The number of rotatable bonds is 5. The van der Waals surface area contributed by atoms with Crippen LogP contribution in [0.4, 0.5) is 17.3 Å². The summed E-state index contributed by atoms with van der Waals surface area (Å²) in [7, 11) is 0. The van der Waals surface area contributed by atoms with Crippen LogP contribution in [0, 0.1) is 18.3 Å². The first-order valence-corrected chi connectivity index (χ1v) is 8.50. The van der Waals surface area contributed by atoms with Crippen LogP contribution in [0.25, 0.3) is 0 Å². The highest BCUT2D eigenvalue weighted by atomic mass is 16.2. The minimum absolute atomic E-state index is 0.0807. The van der Waals surface area contributed by atoms with E-state index < -0.39 is 5.91 Å². The molecule has 0 saturated heterocycles. The largest absolute Gasteiger partial charge is 0.324 e. The molecular formula is C21H17N5O2. The number of hydrogen-bond acceptors (Lipinski definition) is 6. The van der Waals surface area contributed by atoms with Crippen molar-refractivity contribution in [1.29, 1.82) is 5.26 Å². The molecule has 7 nitrogen and oxygen atoms in total. The summed E-state index contributed by atoms with van der Waals surface area (Å²) < 4.78 is 0. The van der Waals surface area contributed by atoms with E-state index in [1.165, 1.54) is 6.92 Å². The van der Waals surface area contributed by atoms with Crippen molar-refractivity contribution in [1.82, 2.24) is 9.97 Å². The zero-order valence-electron chi connectivity index (χ0n) is 15.4. The number of benzene rings is 2. The minimum Gasteiger partial charge on any atom is -0.324 e. The number of carbonyl (C=O) groups excluding carboxylic acids is 2. The molecule has 1 aromatic heterocycles. The van der Waals surface area contributed by atoms with Crippen LogP contribution in [0.15, 0.2) is 54.6 Å². The van der Waals surface area contributed by atoms with Gasteiger partial charge in [-0.05, 0) is 56.3 Å². The fourth-order valence-electron chi connectivity index (χ4n) is 2.51. The van der Waals surface area contributed by atoms with E-state index in [4.69, 9.17) is 5.26 Å². The number of carbonyl (C=O) groups is 2. The molecule has 138 valence electrons. The van der Waals surface area contributed by atoms with Crippen LogP contribution in [0.1, 0.15) is 39.0 Å². The molecular weight excluding hydrogens is 354 g/mol. The first-order chi connectivity index (χ1) is 13.4. The average Bonchev–Trinajstić information content (AvgIpc) is 2.68. The molecule has 3 aromatic rings. The first-order valence-electron chi connectivity index (χ1n) is 8.50. The second-order valence-corrected chi connectivity index (χ2v) is 6.12. The third-order valence-corrected chi connectivity index (χ3v) is 3.88. The van der Waals surface area contributed by atoms with Crippen molar-refractivity contribution in [2.45, 2.75) is 13.8 Å². The minimum atomic E-state index is -0.408. The monoisotopic (exact) mass is 371 g/mol. The molecule has 2 N–H and O–H groups in total. The van der Waals surface area contributed by atoms with E-state index in [2.05, 4.69) is 26.7 Å². The molecule has 1 heterocycles. The van der Waals surface area contributed by atoms with E-state index >= 15 is 0 Å². The molecule has 1 amide bonds. The van der Waals surface area contributed by atoms with Crippen molar-refractivity contribution in [2.24, 2.45) is 0 Å². The van der Waals surface area contributed by atoms with Crippen LogP contribution < -0.4 is 10.6 Å². The number of Topliss-reactive ketones (excluding diaryl/α,β-unsaturated/α-hetero) is 1. The number of aromatic nitrogens is 2. The van der Waals surface area contributed by atoms with Crippen molar-refractivity contribution in [3.8, 4) is 6.07 Å². The molecule has 0 spiro atoms. The first kappa shape index (κ1) is 18.7. The molecule has 2 aromatic carbocycles. The molecule has 0 unspecified atom stereocenters. The molecule has 0 radical (unpaired) electrons. The van der Waals surface area contributed by atoms with Crippen LogP contribution >= 0.6 is 0 Å². The van der Waals surface area contributed by atoms with Gasteiger partial charge in [0.1, 0.15) is 5.69 Å². The van der Waals surface area contributed by atoms with E-state index in [9.17, 15) is 9.59 Å². The topological polar surface area (TPSA) is 108 Å². The number of nitrogens with zero attached hydrogens (tertiary/aromatic N) is 3. The lowest BCUT2D eigenvalue weighted by molar-refractivity contribution is 0.100. The fourth-order valence-corrected chi connectivity index (χ4v) is 2.51. The Hall–Kier alpha value is -4.05. The van der Waals surface area contributed by atoms with Gasteiger partial charge < -0.3 is 10.6 Å². The Morgan fingerprint density at radius 3 is 2.43 bits per heavy atom. The number of aryl methyl sites for hydroxylation is 1. The summed E-state index contributed by atoms with van der Waals surface area (Å²) in [4.78, 5) is 32.6. The van der Waals surface area contributed by atoms with Gasteiger partial charge in [-0.25, -0.2) is 9.97 Å². The van der Waals surface area contributed by atoms with E-state index in [0.717, 1.165) is 0 Å². The van der Waals surface area contributed by atoms with Crippen LogP contribution in [0.3, 0.4) is 0 Å². The molecule has 7 heteroatoms. The highest BCUT2D eigenvalue weighted by Gasteiger charge is 2.12. The van der Waals surface area contributed by atoms with Crippen molar-refractivity contribution >= 4 is 29.0 Å². The summed E-state index contributed by atoms with van der Waals surface area (Å²) >= 11 is 0. The number of nitrogens with one attached hydrogen (secondary N) is 2. The van der Waals surface area contributed by atoms with Gasteiger partial charge in [-0.15, -0.1) is 0 Å². The molecule has 0 saturated carbocycles. The smallest absolute Gasteiger partial charge is 0.274 e. The Bertz CT molecular complexity index is 1080. The van der Waals surface area contributed by atoms with Gasteiger partial charge in [-0.3, -0.25) is 9.59 Å². The van der Waals surface area contributed by atoms with E-state index in [1.54, 1.807) is 61.5 Å². The summed E-state index contributed by atoms with van der Waals surface area (Å²) in [6.45, 7) is 3.23. The Balaban J connectivity index is 1.80. The van der Waals surface area contributed by atoms with Gasteiger partial charge in [-0.2, -0.15) is 5.26 Å². The van der Waals surface area contributed by atoms with Crippen molar-refractivity contribution in [3.63, 3.8) is 0 Å². The third-order valence-electron chi connectivity index (χ3n) is 3.88. The molecule has 0 aliphatic rings. The molecule has 0 atom stereocenters. The summed E-state index contributed by atoms with van der Waals surface area (Å²) in [5.41, 5.74) is 3.08. The summed E-state index contributed by atoms with van der Waals surface area (Å²) in [6.07, 6.45) is 0. The van der Waals surface area contributed by atoms with Crippen molar-refractivity contribution < 1.29 is 9.59 Å². The molecule has 28 heavy (non-hydrogen) atoms. The molecule has 0 aliphatic heterocycles. The summed E-state index contributed by atoms with van der Waals surface area (Å²) in [5, 5.41) is 14.6. The van der Waals surface area contributed by atoms with E-state index in [1.807, 2.05) is 0 Å². The third kappa shape index (κ3) is 4.56. The lowest BCUT2D eigenvalue weighted by atomic mass is 10.1. The molecule has 0 bridgehead atoms. The number of anilines is 3. The maximum Gasteiger partial charge on any atom is 0.274 e. The van der Waals surface area contributed by atoms with Crippen LogP contribution in [-0.4, -0.2) is 21.7 Å². The predicted octanol–water partition coefficient (Wildman–Crippen LogP) is 3.86. The number of hydrogen-bond donors (Lipinski definition) is 2. The number of amides is 1. The number of ketones is 1. The highest BCUT2D eigenvalue weighted by molar-refractivity contribution is 6.04. The van der Waals surface area contributed by atoms with Crippen LogP contribution in [0.2, 0.25) is 0 Å². The van der Waals surface area contributed by atoms with Gasteiger partial charge >= 0.3 is 0 Å². The Morgan fingerprint density at radius 2 is 1.75 bits per heavy atom. The lowest BCUT2D eigenvalue weighted by Crippen LogP contribution is -2.15. The maximum atomic E-state index is 12.6. The Morgan fingerprint density at radius 1 is 1.00 bits per heavy atom. The molecule has 0 fully saturated rings. The average molecular weight is 371 g/mol. The zero-order chi connectivity index (χ0) is 20.1. The second-order valence-electron chi connectivity index (χ2n) is 6.12. The van der Waals surface area contributed by atoms with Crippen molar-refractivity contribution in [2.75, 3.05) is 10.6 Å². The SMILES string of the molecule is CC(=O)c1cccc(NC(=O)c2cc(C)nc(Nc3ccc(C#N)cc3)n2)c1. The van der Waals surface area contributed by atoms with Gasteiger partial charge in [0.2, 0.25) is 5.95 Å². The van der Waals surface area contributed by atoms with Gasteiger partial charge in [0.25, 0.3) is 5.91 Å². The quantitative estimate of drug-likeness (QED) is 0.660. The van der Waals surface area contributed by atoms with E-state index in [-0.39, 0.29) is 17.4 Å². The van der Waals surface area contributed by atoms with Crippen LogP contribution in [0.5, 0.6) is 0 Å². The van der Waals surface area contributed by atoms with E-state index in [0.29, 0.717) is 28.2 Å².